The minimum atomic E-state index is 0. The normalized spacial score (nSPS) is 13.5. The lowest BCUT2D eigenvalue weighted by Crippen LogP contribution is -2.40. The van der Waals surface area contributed by atoms with Gasteiger partial charge in [0.1, 0.15) is 0 Å². The van der Waals surface area contributed by atoms with Crippen LogP contribution in [0.1, 0.15) is 30.3 Å². The van der Waals surface area contributed by atoms with Crippen LogP contribution in [0.3, 0.4) is 0 Å². The highest BCUT2D eigenvalue weighted by molar-refractivity contribution is 14.0. The van der Waals surface area contributed by atoms with Gasteiger partial charge in [0, 0.05) is 30.9 Å². The number of hydrogen-bond donors (Lipinski definition) is 2. The van der Waals surface area contributed by atoms with Crippen LogP contribution in [0.5, 0.6) is 0 Å². The minimum Gasteiger partial charge on any atom is -0.356 e. The molecule has 0 aliphatic carbocycles. The van der Waals surface area contributed by atoms with Crippen molar-refractivity contribution in [2.24, 2.45) is 10.9 Å². The van der Waals surface area contributed by atoms with Crippen molar-refractivity contribution in [1.82, 2.24) is 20.4 Å². The quantitative estimate of drug-likeness (QED) is 0.277. The predicted molar refractivity (Wildman–Crippen MR) is 129 cm³/mol. The Morgan fingerprint density at radius 2 is 2.07 bits per heavy atom. The third kappa shape index (κ3) is 6.34. The van der Waals surface area contributed by atoms with E-state index in [9.17, 15) is 0 Å². The Labute approximate surface area is 188 Å². The van der Waals surface area contributed by atoms with E-state index >= 15 is 0 Å². The molecule has 7 heteroatoms. The number of halogens is 1. The Balaban J connectivity index is 0.00000280. The van der Waals surface area contributed by atoms with Crippen molar-refractivity contribution in [3.63, 3.8) is 0 Å². The van der Waals surface area contributed by atoms with Gasteiger partial charge in [-0.05, 0) is 54.5 Å². The number of aliphatic imine (C=N–C) groups is 1. The summed E-state index contributed by atoms with van der Waals surface area (Å²) >= 11 is 1.82. The Morgan fingerprint density at radius 3 is 2.75 bits per heavy atom. The molecule has 3 aromatic rings. The van der Waals surface area contributed by atoms with Gasteiger partial charge in [-0.3, -0.25) is 4.99 Å². The molecular weight excluding hydrogens is 481 g/mol. The van der Waals surface area contributed by atoms with E-state index in [0.717, 1.165) is 24.6 Å². The van der Waals surface area contributed by atoms with Crippen molar-refractivity contribution < 1.29 is 0 Å². The number of hydrogen-bond acceptors (Lipinski definition) is 3. The van der Waals surface area contributed by atoms with Crippen LogP contribution in [0.2, 0.25) is 0 Å². The summed E-state index contributed by atoms with van der Waals surface area (Å²) in [6.07, 6.45) is 4.83. The van der Waals surface area contributed by atoms with E-state index in [0.29, 0.717) is 5.92 Å². The number of rotatable bonds is 7. The molecule has 2 heterocycles. The van der Waals surface area contributed by atoms with Gasteiger partial charge in [-0.1, -0.05) is 25.1 Å². The van der Waals surface area contributed by atoms with Gasteiger partial charge < -0.3 is 10.6 Å². The van der Waals surface area contributed by atoms with Gasteiger partial charge in [0.15, 0.2) is 5.96 Å². The van der Waals surface area contributed by atoms with Crippen LogP contribution in [0.4, 0.5) is 0 Å². The van der Waals surface area contributed by atoms with E-state index in [2.05, 4.69) is 76.4 Å². The Morgan fingerprint density at radius 1 is 1.21 bits per heavy atom. The van der Waals surface area contributed by atoms with Crippen LogP contribution in [-0.4, -0.2) is 29.3 Å². The van der Waals surface area contributed by atoms with E-state index in [4.69, 9.17) is 0 Å². The highest BCUT2D eigenvalue weighted by Crippen LogP contribution is 2.17. The molecule has 0 spiro atoms. The molecule has 0 aliphatic rings. The molecule has 0 aliphatic heterocycles. The highest BCUT2D eigenvalue weighted by Gasteiger charge is 2.11. The fraction of sp³-hybridized carbons (Fsp3) is 0.333. The minimum absolute atomic E-state index is 0. The first-order chi connectivity index (χ1) is 13.2. The molecule has 28 heavy (non-hydrogen) atoms. The van der Waals surface area contributed by atoms with Gasteiger partial charge in [0.05, 0.1) is 11.7 Å². The highest BCUT2D eigenvalue weighted by atomic mass is 127. The van der Waals surface area contributed by atoms with Crippen LogP contribution < -0.4 is 10.6 Å². The third-order valence-corrected chi connectivity index (χ3v) is 5.36. The standard InChI is InChI=1S/C21H27N5S.HI/c1-16(13-20-9-5-12-27-20)15-23-21(22-3)25-17(2)18-7-4-8-19(14-18)26-11-6-10-24-26;/h4-12,14,16-17H,13,15H2,1-3H3,(H2,22,23,25);1H. The first-order valence-electron chi connectivity index (χ1n) is 9.25. The van der Waals surface area contributed by atoms with Crippen LogP contribution in [-0.2, 0) is 6.42 Å². The number of nitrogens with one attached hydrogen (secondary N) is 2. The van der Waals surface area contributed by atoms with Gasteiger partial charge in [-0.25, -0.2) is 4.68 Å². The summed E-state index contributed by atoms with van der Waals surface area (Å²) in [5.74, 6) is 1.37. The maximum absolute atomic E-state index is 4.37. The average Bonchev–Trinajstić information content (AvgIpc) is 3.39. The SMILES string of the molecule is CN=C(NCC(C)Cc1cccs1)NC(C)c1cccc(-n2cccn2)c1.I. The monoisotopic (exact) mass is 509 g/mol. The third-order valence-electron chi connectivity index (χ3n) is 4.46. The van der Waals surface area contributed by atoms with Crippen molar-refractivity contribution in [3.05, 3.63) is 70.7 Å². The van der Waals surface area contributed by atoms with E-state index in [1.165, 1.54) is 10.4 Å². The van der Waals surface area contributed by atoms with E-state index < -0.39 is 0 Å². The molecular formula is C21H28IN5S. The summed E-state index contributed by atoms with van der Waals surface area (Å²) in [6, 6.07) is 14.8. The van der Waals surface area contributed by atoms with Gasteiger partial charge >= 0.3 is 0 Å². The second-order valence-electron chi connectivity index (χ2n) is 6.75. The predicted octanol–water partition coefficient (Wildman–Crippen LogP) is 4.66. The van der Waals surface area contributed by atoms with Crippen LogP contribution in [0.15, 0.2) is 65.2 Å². The Hall–Kier alpha value is -1.87. The molecule has 2 unspecified atom stereocenters. The fourth-order valence-electron chi connectivity index (χ4n) is 2.96. The molecule has 0 fully saturated rings. The maximum Gasteiger partial charge on any atom is 0.191 e. The Bertz CT molecular complexity index is 846. The van der Waals surface area contributed by atoms with Crippen molar-refractivity contribution >= 4 is 41.3 Å². The van der Waals surface area contributed by atoms with Gasteiger partial charge in [-0.15, -0.1) is 35.3 Å². The smallest absolute Gasteiger partial charge is 0.191 e. The van der Waals surface area contributed by atoms with E-state index in [1.807, 2.05) is 35.3 Å². The molecule has 0 saturated heterocycles. The van der Waals surface area contributed by atoms with Crippen molar-refractivity contribution in [2.75, 3.05) is 13.6 Å². The van der Waals surface area contributed by atoms with Crippen LogP contribution in [0, 0.1) is 5.92 Å². The summed E-state index contributed by atoms with van der Waals surface area (Å²) in [7, 11) is 1.81. The topological polar surface area (TPSA) is 54.2 Å². The molecule has 2 atom stereocenters. The lowest BCUT2D eigenvalue weighted by atomic mass is 10.1. The maximum atomic E-state index is 4.37. The zero-order chi connectivity index (χ0) is 19.1. The Kier molecular flexibility index (Phi) is 8.98. The second kappa shape index (κ2) is 11.2. The van der Waals surface area contributed by atoms with Gasteiger partial charge in [0.2, 0.25) is 0 Å². The first kappa shape index (κ1) is 22.4. The molecule has 5 nitrogen and oxygen atoms in total. The lowest BCUT2D eigenvalue weighted by Gasteiger charge is -2.20. The molecule has 3 rings (SSSR count). The average molecular weight is 509 g/mol. The summed E-state index contributed by atoms with van der Waals surface area (Å²) < 4.78 is 1.87. The summed E-state index contributed by atoms with van der Waals surface area (Å²) in [5.41, 5.74) is 2.25. The molecule has 0 amide bonds. The molecule has 0 saturated carbocycles. The molecule has 0 bridgehead atoms. The van der Waals surface area contributed by atoms with Crippen molar-refractivity contribution in [3.8, 4) is 5.69 Å². The van der Waals surface area contributed by atoms with Crippen LogP contribution in [0.25, 0.3) is 5.69 Å². The number of aromatic nitrogens is 2. The fourth-order valence-corrected chi connectivity index (χ4v) is 3.83. The number of benzene rings is 1. The summed E-state index contributed by atoms with van der Waals surface area (Å²) in [4.78, 5) is 5.80. The van der Waals surface area contributed by atoms with E-state index in [1.54, 1.807) is 6.20 Å². The largest absolute Gasteiger partial charge is 0.356 e. The number of thiophene rings is 1. The molecule has 1 aromatic carbocycles. The van der Waals surface area contributed by atoms with Crippen molar-refractivity contribution in [1.29, 1.82) is 0 Å². The molecule has 150 valence electrons. The number of nitrogens with zero attached hydrogens (tertiary/aromatic N) is 3. The lowest BCUT2D eigenvalue weighted by molar-refractivity contribution is 0.556. The van der Waals surface area contributed by atoms with Gasteiger partial charge in [0.25, 0.3) is 0 Å². The second-order valence-corrected chi connectivity index (χ2v) is 7.79. The summed E-state index contributed by atoms with van der Waals surface area (Å²) in [5, 5.41) is 13.4. The van der Waals surface area contributed by atoms with Gasteiger partial charge in [-0.2, -0.15) is 5.10 Å². The van der Waals surface area contributed by atoms with Crippen LogP contribution >= 0.6 is 35.3 Å². The van der Waals surface area contributed by atoms with E-state index in [-0.39, 0.29) is 30.0 Å². The zero-order valence-corrected chi connectivity index (χ0v) is 19.6. The number of guanidine groups is 1. The van der Waals surface area contributed by atoms with Crippen molar-refractivity contribution in [2.45, 2.75) is 26.3 Å². The first-order valence-corrected chi connectivity index (χ1v) is 10.1. The molecule has 0 radical (unpaired) electrons. The molecule has 2 N–H and O–H groups in total. The molecule has 2 aromatic heterocycles. The zero-order valence-electron chi connectivity index (χ0n) is 16.5. The summed E-state index contributed by atoms with van der Waals surface area (Å²) in [6.45, 7) is 5.29.